The average molecular weight is 190 g/mol. The summed E-state index contributed by atoms with van der Waals surface area (Å²) in [5.74, 6) is 1.21. The first-order valence-electron chi connectivity index (χ1n) is 3.83. The molecule has 0 bridgehead atoms. The van der Waals surface area contributed by atoms with Crippen molar-refractivity contribution in [3.05, 3.63) is 0 Å². The van der Waals surface area contributed by atoms with Crippen molar-refractivity contribution >= 4 is 11.9 Å². The van der Waals surface area contributed by atoms with Crippen LogP contribution in [0.15, 0.2) is 0 Å². The van der Waals surface area contributed by atoms with E-state index < -0.39 is 23.9 Å². The molecular weight excluding hydrogens is 176 g/mol. The standard InChI is InChI=1S/C7H14N2O4/c1-3(2)4(6(10)11)5(9-8)7(12)13/h3-5,9H,8H2,1-2H3,(H,10,11)(H,12,13)/t4-,5-/m0/s1. The molecule has 0 aromatic carbocycles. The number of carbonyl (C=O) groups is 2. The summed E-state index contributed by atoms with van der Waals surface area (Å²) in [6, 6.07) is -1.25. The van der Waals surface area contributed by atoms with Gasteiger partial charge < -0.3 is 10.2 Å². The zero-order valence-electron chi connectivity index (χ0n) is 7.52. The topological polar surface area (TPSA) is 113 Å². The maximum absolute atomic E-state index is 10.7. The summed E-state index contributed by atoms with van der Waals surface area (Å²) < 4.78 is 0. The molecule has 0 saturated carbocycles. The van der Waals surface area contributed by atoms with E-state index in [-0.39, 0.29) is 5.92 Å². The number of aliphatic carboxylic acids is 2. The third-order valence-electron chi connectivity index (χ3n) is 1.81. The number of carboxylic acid groups (broad SMARTS) is 2. The lowest BCUT2D eigenvalue weighted by Crippen LogP contribution is -2.50. The van der Waals surface area contributed by atoms with Crippen molar-refractivity contribution in [3.63, 3.8) is 0 Å². The van der Waals surface area contributed by atoms with Gasteiger partial charge in [-0.05, 0) is 5.92 Å². The van der Waals surface area contributed by atoms with Crippen LogP contribution >= 0.6 is 0 Å². The Morgan fingerprint density at radius 1 is 1.23 bits per heavy atom. The minimum Gasteiger partial charge on any atom is -0.481 e. The molecule has 0 aromatic heterocycles. The molecule has 13 heavy (non-hydrogen) atoms. The van der Waals surface area contributed by atoms with Gasteiger partial charge in [0, 0.05) is 0 Å². The van der Waals surface area contributed by atoms with E-state index >= 15 is 0 Å². The fraction of sp³-hybridized carbons (Fsp3) is 0.714. The number of rotatable bonds is 5. The highest BCUT2D eigenvalue weighted by molar-refractivity contribution is 5.82. The van der Waals surface area contributed by atoms with Crippen molar-refractivity contribution in [1.82, 2.24) is 5.43 Å². The quantitative estimate of drug-likeness (QED) is 0.335. The Kier molecular flexibility index (Phi) is 4.36. The Bertz CT molecular complexity index is 205. The van der Waals surface area contributed by atoms with E-state index in [1.54, 1.807) is 13.8 Å². The molecule has 76 valence electrons. The second kappa shape index (κ2) is 4.78. The van der Waals surface area contributed by atoms with Gasteiger partial charge in [0.25, 0.3) is 0 Å². The average Bonchev–Trinajstić information content (AvgIpc) is 1.97. The van der Waals surface area contributed by atoms with Crippen LogP contribution in [0, 0.1) is 11.8 Å². The minimum atomic E-state index is -1.26. The number of nitrogens with one attached hydrogen (secondary N) is 1. The molecule has 0 heterocycles. The highest BCUT2D eigenvalue weighted by Crippen LogP contribution is 2.15. The van der Waals surface area contributed by atoms with Crippen LogP contribution in [-0.2, 0) is 9.59 Å². The van der Waals surface area contributed by atoms with Gasteiger partial charge in [-0.15, -0.1) is 0 Å². The third-order valence-corrected chi connectivity index (χ3v) is 1.81. The zero-order valence-corrected chi connectivity index (χ0v) is 7.52. The maximum Gasteiger partial charge on any atom is 0.322 e. The largest absolute Gasteiger partial charge is 0.481 e. The molecule has 6 heteroatoms. The first kappa shape index (κ1) is 11.9. The summed E-state index contributed by atoms with van der Waals surface area (Å²) in [5.41, 5.74) is 1.98. The van der Waals surface area contributed by atoms with Gasteiger partial charge in [-0.3, -0.25) is 15.4 Å². The van der Waals surface area contributed by atoms with Crippen LogP contribution in [-0.4, -0.2) is 28.2 Å². The molecule has 0 aliphatic rings. The molecule has 2 atom stereocenters. The summed E-state index contributed by atoms with van der Waals surface area (Å²) in [6.45, 7) is 3.26. The molecule has 5 N–H and O–H groups in total. The van der Waals surface area contributed by atoms with Crippen molar-refractivity contribution in [3.8, 4) is 0 Å². The van der Waals surface area contributed by atoms with Crippen LogP contribution in [0.4, 0.5) is 0 Å². The number of hydrogen-bond donors (Lipinski definition) is 4. The Labute approximate surface area is 75.7 Å². The van der Waals surface area contributed by atoms with Crippen molar-refractivity contribution in [2.75, 3.05) is 0 Å². The van der Waals surface area contributed by atoms with E-state index in [9.17, 15) is 9.59 Å². The van der Waals surface area contributed by atoms with E-state index in [0.29, 0.717) is 0 Å². The normalized spacial score (nSPS) is 15.4. The van der Waals surface area contributed by atoms with Gasteiger partial charge >= 0.3 is 11.9 Å². The molecule has 0 unspecified atom stereocenters. The lowest BCUT2D eigenvalue weighted by Gasteiger charge is -2.22. The van der Waals surface area contributed by atoms with Gasteiger partial charge in [0.15, 0.2) is 0 Å². The SMILES string of the molecule is CC(C)[C@H](C(=O)O)[C@H](NN)C(=O)O. The second-order valence-corrected chi connectivity index (χ2v) is 3.09. The monoisotopic (exact) mass is 190 g/mol. The third kappa shape index (κ3) is 3.00. The zero-order chi connectivity index (χ0) is 10.6. The molecule has 0 saturated heterocycles. The maximum atomic E-state index is 10.7. The van der Waals surface area contributed by atoms with Crippen molar-refractivity contribution in [2.24, 2.45) is 17.7 Å². The molecule has 0 fully saturated rings. The van der Waals surface area contributed by atoms with Gasteiger partial charge in [0.1, 0.15) is 6.04 Å². The number of carboxylic acids is 2. The van der Waals surface area contributed by atoms with Crippen molar-refractivity contribution in [1.29, 1.82) is 0 Å². The number of hydrogen-bond acceptors (Lipinski definition) is 4. The Hall–Kier alpha value is -1.14. The van der Waals surface area contributed by atoms with Crippen LogP contribution in [0.1, 0.15) is 13.8 Å². The molecule has 6 nitrogen and oxygen atoms in total. The van der Waals surface area contributed by atoms with E-state index in [2.05, 4.69) is 0 Å². The smallest absolute Gasteiger partial charge is 0.322 e. The summed E-state index contributed by atoms with van der Waals surface area (Å²) in [7, 11) is 0. The van der Waals surface area contributed by atoms with Crippen LogP contribution in [0.5, 0.6) is 0 Å². The molecule has 0 rings (SSSR count). The first-order chi connectivity index (χ1) is 5.91. The lowest BCUT2D eigenvalue weighted by atomic mass is 9.89. The molecule has 0 aliphatic carbocycles. The van der Waals surface area contributed by atoms with Gasteiger partial charge in [-0.2, -0.15) is 0 Å². The van der Waals surface area contributed by atoms with E-state index in [1.165, 1.54) is 0 Å². The summed E-state index contributed by atoms with van der Waals surface area (Å²) in [4.78, 5) is 21.3. The van der Waals surface area contributed by atoms with Gasteiger partial charge in [0.05, 0.1) is 5.92 Å². The van der Waals surface area contributed by atoms with E-state index in [0.717, 1.165) is 0 Å². The highest BCUT2D eigenvalue weighted by atomic mass is 16.4. The van der Waals surface area contributed by atoms with Crippen LogP contribution < -0.4 is 11.3 Å². The molecular formula is C7H14N2O4. The van der Waals surface area contributed by atoms with Gasteiger partial charge in [0.2, 0.25) is 0 Å². The van der Waals surface area contributed by atoms with Crippen LogP contribution in [0.3, 0.4) is 0 Å². The van der Waals surface area contributed by atoms with E-state index in [1.807, 2.05) is 5.43 Å². The van der Waals surface area contributed by atoms with Gasteiger partial charge in [-0.25, -0.2) is 5.43 Å². The summed E-state index contributed by atoms with van der Waals surface area (Å²) in [6.07, 6.45) is 0. The number of hydrazine groups is 1. The Balaban J connectivity index is 4.69. The number of nitrogens with two attached hydrogens (primary N) is 1. The Morgan fingerprint density at radius 3 is 1.77 bits per heavy atom. The summed E-state index contributed by atoms with van der Waals surface area (Å²) in [5, 5.41) is 17.4. The molecule has 0 aliphatic heterocycles. The Morgan fingerprint density at radius 2 is 1.69 bits per heavy atom. The predicted molar refractivity (Wildman–Crippen MR) is 44.7 cm³/mol. The second-order valence-electron chi connectivity index (χ2n) is 3.09. The minimum absolute atomic E-state index is 0.297. The van der Waals surface area contributed by atoms with Crippen LogP contribution in [0.25, 0.3) is 0 Å². The fourth-order valence-electron chi connectivity index (χ4n) is 1.14. The predicted octanol–water partition coefficient (Wildman–Crippen LogP) is -0.740. The first-order valence-corrected chi connectivity index (χ1v) is 3.83. The molecule has 0 spiro atoms. The van der Waals surface area contributed by atoms with Crippen molar-refractivity contribution in [2.45, 2.75) is 19.9 Å². The van der Waals surface area contributed by atoms with Crippen molar-refractivity contribution < 1.29 is 19.8 Å². The highest BCUT2D eigenvalue weighted by Gasteiger charge is 2.35. The molecule has 0 radical (unpaired) electrons. The fourth-order valence-corrected chi connectivity index (χ4v) is 1.14. The lowest BCUT2D eigenvalue weighted by molar-refractivity contribution is -0.152. The van der Waals surface area contributed by atoms with Gasteiger partial charge in [-0.1, -0.05) is 13.8 Å². The summed E-state index contributed by atoms with van der Waals surface area (Å²) >= 11 is 0. The van der Waals surface area contributed by atoms with E-state index in [4.69, 9.17) is 16.1 Å². The molecule has 0 aromatic rings. The molecule has 0 amide bonds. The van der Waals surface area contributed by atoms with Crippen LogP contribution in [0.2, 0.25) is 0 Å².